The summed E-state index contributed by atoms with van der Waals surface area (Å²) in [6.45, 7) is 10.8. The van der Waals surface area contributed by atoms with E-state index < -0.39 is 0 Å². The molecule has 0 unspecified atom stereocenters. The average Bonchev–Trinajstić information content (AvgIpc) is 3.09. The largest absolute Gasteiger partial charge is 0.352 e. The highest BCUT2D eigenvalue weighted by molar-refractivity contribution is 5.94. The van der Waals surface area contributed by atoms with Gasteiger partial charge in [0.05, 0.1) is 0 Å². The monoisotopic (exact) mass is 407 g/mol. The van der Waals surface area contributed by atoms with Crippen molar-refractivity contribution >= 4 is 24.2 Å². The van der Waals surface area contributed by atoms with Gasteiger partial charge < -0.3 is 15.5 Å². The van der Waals surface area contributed by atoms with Crippen LogP contribution < -0.4 is 10.6 Å². The molecule has 2 fully saturated rings. The van der Waals surface area contributed by atoms with Crippen molar-refractivity contribution in [2.24, 2.45) is 5.41 Å². The molecule has 0 aromatic heterocycles. The van der Waals surface area contributed by atoms with Gasteiger partial charge in [0.25, 0.3) is 5.91 Å². The van der Waals surface area contributed by atoms with E-state index in [-0.39, 0.29) is 29.6 Å². The highest BCUT2D eigenvalue weighted by Crippen LogP contribution is 2.36. The Kier molecular flexibility index (Phi) is 7.52. The van der Waals surface area contributed by atoms with Gasteiger partial charge in [-0.25, -0.2) is 0 Å². The molecule has 1 aromatic rings. The predicted octanol–water partition coefficient (Wildman–Crippen LogP) is 3.13. The van der Waals surface area contributed by atoms with E-state index in [0.29, 0.717) is 23.9 Å². The number of benzene rings is 1. The average molecular weight is 408 g/mol. The summed E-state index contributed by atoms with van der Waals surface area (Å²) in [5.74, 6) is 0.0390. The Balaban J connectivity index is 0.00000280. The number of carbonyl (C=O) groups excluding carboxylic acids is 2. The summed E-state index contributed by atoms with van der Waals surface area (Å²) in [6, 6.07) is 7.72. The molecule has 0 bridgehead atoms. The quantitative estimate of drug-likeness (QED) is 0.806. The highest BCUT2D eigenvalue weighted by atomic mass is 35.5. The number of nitrogens with one attached hydrogen (secondary N) is 2. The molecule has 2 amide bonds. The molecule has 0 aliphatic carbocycles. The first-order valence-electron chi connectivity index (χ1n) is 10.2. The highest BCUT2D eigenvalue weighted by Gasteiger charge is 2.37. The van der Waals surface area contributed by atoms with Crippen molar-refractivity contribution in [1.82, 2.24) is 15.5 Å². The minimum absolute atomic E-state index is 0. The first-order chi connectivity index (χ1) is 12.8. The number of piperidine rings is 1. The van der Waals surface area contributed by atoms with E-state index >= 15 is 0 Å². The van der Waals surface area contributed by atoms with E-state index in [1.165, 1.54) is 12.0 Å². The molecule has 2 aliphatic heterocycles. The van der Waals surface area contributed by atoms with E-state index in [0.717, 1.165) is 39.0 Å². The third-order valence-electron chi connectivity index (χ3n) is 6.15. The van der Waals surface area contributed by atoms with Crippen LogP contribution in [0.1, 0.15) is 62.4 Å². The molecule has 5 nitrogen and oxygen atoms in total. The Morgan fingerprint density at radius 2 is 1.75 bits per heavy atom. The Hall–Kier alpha value is -1.59. The minimum Gasteiger partial charge on any atom is -0.352 e. The van der Waals surface area contributed by atoms with Crippen molar-refractivity contribution in [3.63, 3.8) is 0 Å². The molecule has 0 radical (unpaired) electrons. The van der Waals surface area contributed by atoms with E-state index in [1.54, 1.807) is 0 Å². The van der Waals surface area contributed by atoms with Gasteiger partial charge in [0.1, 0.15) is 0 Å². The van der Waals surface area contributed by atoms with Gasteiger partial charge in [-0.05, 0) is 54.3 Å². The van der Waals surface area contributed by atoms with E-state index in [9.17, 15) is 9.59 Å². The zero-order valence-electron chi connectivity index (χ0n) is 17.3. The molecule has 28 heavy (non-hydrogen) atoms. The fourth-order valence-electron chi connectivity index (χ4n) is 4.12. The van der Waals surface area contributed by atoms with Crippen LogP contribution in [-0.4, -0.2) is 49.4 Å². The number of likely N-dealkylation sites (tertiary alicyclic amines) is 1. The molecule has 1 aromatic carbocycles. The van der Waals surface area contributed by atoms with Crippen LogP contribution in [0.2, 0.25) is 0 Å². The van der Waals surface area contributed by atoms with E-state index in [2.05, 4.69) is 31.4 Å². The van der Waals surface area contributed by atoms with Gasteiger partial charge in [0, 0.05) is 38.2 Å². The first-order valence-corrected chi connectivity index (χ1v) is 10.2. The molecule has 0 atom stereocenters. The fraction of sp³-hybridized carbons (Fsp3) is 0.636. The van der Waals surface area contributed by atoms with Crippen molar-refractivity contribution in [2.45, 2.75) is 51.9 Å². The molecular weight excluding hydrogens is 374 g/mol. The van der Waals surface area contributed by atoms with Crippen LogP contribution in [0, 0.1) is 5.41 Å². The van der Waals surface area contributed by atoms with Crippen molar-refractivity contribution in [1.29, 1.82) is 0 Å². The van der Waals surface area contributed by atoms with Crippen molar-refractivity contribution < 1.29 is 9.59 Å². The van der Waals surface area contributed by atoms with Crippen LogP contribution in [0.3, 0.4) is 0 Å². The zero-order valence-corrected chi connectivity index (χ0v) is 18.2. The maximum atomic E-state index is 12.4. The van der Waals surface area contributed by atoms with Crippen LogP contribution >= 0.6 is 12.4 Å². The number of rotatable bonds is 4. The van der Waals surface area contributed by atoms with Crippen molar-refractivity contribution in [3.05, 3.63) is 35.4 Å². The Labute approximate surface area is 175 Å². The first kappa shape index (κ1) is 22.7. The van der Waals surface area contributed by atoms with E-state index in [4.69, 9.17) is 0 Å². The van der Waals surface area contributed by atoms with Gasteiger partial charge in [0.15, 0.2) is 0 Å². The Bertz CT molecular complexity index is 666. The second-order valence-corrected chi connectivity index (χ2v) is 9.14. The smallest absolute Gasteiger partial charge is 0.251 e. The molecule has 156 valence electrons. The number of carbonyl (C=O) groups is 2. The molecule has 1 spiro atoms. The molecule has 0 saturated carbocycles. The molecule has 2 saturated heterocycles. The molecular formula is C22H34ClN3O2. The number of halogens is 1. The van der Waals surface area contributed by atoms with Crippen LogP contribution in [0.5, 0.6) is 0 Å². The normalized spacial score (nSPS) is 18.6. The van der Waals surface area contributed by atoms with Gasteiger partial charge >= 0.3 is 0 Å². The Morgan fingerprint density at radius 1 is 1.11 bits per heavy atom. The van der Waals surface area contributed by atoms with Crippen molar-refractivity contribution in [2.75, 3.05) is 32.7 Å². The summed E-state index contributed by atoms with van der Waals surface area (Å²) >= 11 is 0. The lowest BCUT2D eigenvalue weighted by Crippen LogP contribution is -2.44. The topological polar surface area (TPSA) is 61.4 Å². The fourth-order valence-corrected chi connectivity index (χ4v) is 4.12. The van der Waals surface area contributed by atoms with Gasteiger partial charge in [-0.1, -0.05) is 32.9 Å². The lowest BCUT2D eigenvalue weighted by molar-refractivity contribution is -0.133. The van der Waals surface area contributed by atoms with Crippen LogP contribution in [0.25, 0.3) is 0 Å². The second kappa shape index (κ2) is 9.27. The molecule has 6 heteroatoms. The molecule has 2 heterocycles. The summed E-state index contributed by atoms with van der Waals surface area (Å²) in [5, 5.41) is 6.33. The lowest BCUT2D eigenvalue weighted by atomic mass is 9.78. The third kappa shape index (κ3) is 5.48. The second-order valence-electron chi connectivity index (χ2n) is 9.14. The number of hydrogen-bond donors (Lipinski definition) is 2. The summed E-state index contributed by atoms with van der Waals surface area (Å²) < 4.78 is 0. The number of hydrogen-bond acceptors (Lipinski definition) is 3. The van der Waals surface area contributed by atoms with Gasteiger partial charge in [-0.15, -0.1) is 12.4 Å². The minimum atomic E-state index is -0.113. The summed E-state index contributed by atoms with van der Waals surface area (Å²) in [4.78, 5) is 26.7. The van der Waals surface area contributed by atoms with Gasteiger partial charge in [-0.3, -0.25) is 9.59 Å². The van der Waals surface area contributed by atoms with Crippen molar-refractivity contribution in [3.8, 4) is 0 Å². The Morgan fingerprint density at radius 3 is 2.29 bits per heavy atom. The standard InChI is InChI=1S/C22H33N3O2.ClH/c1-21(2,3)18-6-4-17(5-7-18)20(27)24-12-8-19(26)25-14-10-22(11-15-25)9-13-23-16-22;/h4-7,23H,8-16H2,1-3H3,(H,24,27);1H. The number of nitrogens with zero attached hydrogens (tertiary/aromatic N) is 1. The maximum absolute atomic E-state index is 12.4. The van der Waals surface area contributed by atoms with Gasteiger partial charge in [-0.2, -0.15) is 0 Å². The summed E-state index contributed by atoms with van der Waals surface area (Å²) in [5.41, 5.74) is 2.34. The van der Waals surface area contributed by atoms with Crippen LogP contribution in [0.15, 0.2) is 24.3 Å². The van der Waals surface area contributed by atoms with Gasteiger partial charge in [0.2, 0.25) is 5.91 Å². The summed E-state index contributed by atoms with van der Waals surface area (Å²) in [6.07, 6.45) is 3.80. The zero-order chi connectivity index (χ0) is 19.5. The number of amides is 2. The molecule has 2 N–H and O–H groups in total. The van der Waals surface area contributed by atoms with E-state index in [1.807, 2.05) is 29.2 Å². The summed E-state index contributed by atoms with van der Waals surface area (Å²) in [7, 11) is 0. The molecule has 3 rings (SSSR count). The molecule has 2 aliphatic rings. The van der Waals surface area contributed by atoms with Crippen LogP contribution in [0.4, 0.5) is 0 Å². The maximum Gasteiger partial charge on any atom is 0.251 e. The third-order valence-corrected chi connectivity index (χ3v) is 6.15. The lowest BCUT2D eigenvalue weighted by Gasteiger charge is -2.39. The van der Waals surface area contributed by atoms with Crippen LogP contribution in [-0.2, 0) is 10.2 Å². The predicted molar refractivity (Wildman–Crippen MR) is 115 cm³/mol. The SMILES string of the molecule is CC(C)(C)c1ccc(C(=O)NCCC(=O)N2CCC3(CCNC3)CC2)cc1.Cl.